The topological polar surface area (TPSA) is 96.2 Å². The number of carbonyl (C=O) groups is 1. The summed E-state index contributed by atoms with van der Waals surface area (Å²) in [6.45, 7) is 1.66. The molecule has 3 N–H and O–H groups in total. The average molecular weight is 220 g/mol. The molecule has 0 aliphatic carbocycles. The van der Waals surface area contributed by atoms with Crippen LogP contribution in [0.5, 0.6) is 0 Å². The highest BCUT2D eigenvalue weighted by Gasteiger charge is 2.34. The van der Waals surface area contributed by atoms with Gasteiger partial charge in [-0.15, -0.1) is 0 Å². The molecule has 1 fully saturated rings. The van der Waals surface area contributed by atoms with Crippen molar-refractivity contribution in [1.82, 2.24) is 0 Å². The van der Waals surface area contributed by atoms with Gasteiger partial charge in [0.05, 0.1) is 25.2 Å². The van der Waals surface area contributed by atoms with E-state index in [0.717, 1.165) is 0 Å². The molecule has 1 aliphatic heterocycles. The van der Waals surface area contributed by atoms with Gasteiger partial charge in [-0.05, 0) is 6.92 Å². The highest BCUT2D eigenvalue weighted by molar-refractivity contribution is 5.66. The van der Waals surface area contributed by atoms with E-state index >= 15 is 0 Å². The quantitative estimate of drug-likeness (QED) is 0.581. The molecular formula is C9H16O6. The molecule has 4 atom stereocenters. The van der Waals surface area contributed by atoms with Gasteiger partial charge in [-0.25, -0.2) is 0 Å². The molecule has 0 unspecified atom stereocenters. The summed E-state index contributed by atoms with van der Waals surface area (Å²) < 4.78 is 10.2. The van der Waals surface area contributed by atoms with E-state index in [4.69, 9.17) is 14.6 Å². The number of hydrogen-bond donors (Lipinski definition) is 3. The van der Waals surface area contributed by atoms with E-state index in [0.29, 0.717) is 0 Å². The summed E-state index contributed by atoms with van der Waals surface area (Å²) >= 11 is 0. The minimum atomic E-state index is -0.964. The van der Waals surface area contributed by atoms with Crippen molar-refractivity contribution in [1.29, 1.82) is 0 Å². The molecule has 0 bridgehead atoms. The van der Waals surface area contributed by atoms with Gasteiger partial charge < -0.3 is 24.8 Å². The van der Waals surface area contributed by atoms with Crippen molar-refractivity contribution in [2.45, 2.75) is 44.4 Å². The minimum Gasteiger partial charge on any atom is -0.481 e. The van der Waals surface area contributed by atoms with Crippen LogP contribution in [0.2, 0.25) is 0 Å². The van der Waals surface area contributed by atoms with Gasteiger partial charge in [0.1, 0.15) is 6.10 Å². The van der Waals surface area contributed by atoms with E-state index in [9.17, 15) is 15.0 Å². The Labute approximate surface area is 87.4 Å². The first-order valence-corrected chi connectivity index (χ1v) is 4.85. The Hall–Kier alpha value is -0.690. The van der Waals surface area contributed by atoms with Gasteiger partial charge in [0.2, 0.25) is 0 Å². The first kappa shape index (κ1) is 12.4. The zero-order chi connectivity index (χ0) is 11.4. The van der Waals surface area contributed by atoms with Gasteiger partial charge in [0.15, 0.2) is 6.29 Å². The summed E-state index contributed by atoms with van der Waals surface area (Å²) in [5.74, 6) is -0.964. The van der Waals surface area contributed by atoms with Crippen LogP contribution in [0.4, 0.5) is 0 Å². The second kappa shape index (κ2) is 5.41. The number of ether oxygens (including phenoxy) is 2. The predicted octanol–water partition coefficient (Wildman–Crippen LogP) is -0.666. The molecule has 6 nitrogen and oxygen atoms in total. The van der Waals surface area contributed by atoms with Crippen molar-refractivity contribution in [3.05, 3.63) is 0 Å². The van der Waals surface area contributed by atoms with E-state index in [2.05, 4.69) is 0 Å². The normalized spacial score (nSPS) is 36.5. The van der Waals surface area contributed by atoms with Crippen LogP contribution in [0.25, 0.3) is 0 Å². The predicted molar refractivity (Wildman–Crippen MR) is 49.2 cm³/mol. The maximum Gasteiger partial charge on any atom is 0.305 e. The third kappa shape index (κ3) is 3.75. The molecule has 1 aliphatic rings. The zero-order valence-corrected chi connectivity index (χ0v) is 8.50. The number of aliphatic carboxylic acids is 1. The van der Waals surface area contributed by atoms with Crippen molar-refractivity contribution < 1.29 is 29.6 Å². The lowest BCUT2D eigenvalue weighted by Crippen LogP contribution is -2.47. The molecule has 0 aromatic carbocycles. The number of aliphatic hydroxyl groups is 2. The molecule has 0 amide bonds. The molecule has 1 saturated heterocycles. The molecule has 0 spiro atoms. The van der Waals surface area contributed by atoms with Crippen LogP contribution >= 0.6 is 0 Å². The largest absolute Gasteiger partial charge is 0.481 e. The first-order chi connectivity index (χ1) is 7.00. The molecule has 0 aromatic rings. The lowest BCUT2D eigenvalue weighted by atomic mass is 10.0. The van der Waals surface area contributed by atoms with E-state index in [1.54, 1.807) is 6.92 Å². The first-order valence-electron chi connectivity index (χ1n) is 4.85. The lowest BCUT2D eigenvalue weighted by Gasteiger charge is -2.35. The van der Waals surface area contributed by atoms with E-state index in [-0.39, 0.29) is 19.4 Å². The third-order valence-electron chi connectivity index (χ3n) is 2.29. The molecule has 6 heteroatoms. The van der Waals surface area contributed by atoms with Crippen molar-refractivity contribution >= 4 is 5.97 Å². The fourth-order valence-corrected chi connectivity index (χ4v) is 1.36. The molecule has 1 rings (SSSR count). The van der Waals surface area contributed by atoms with Crippen molar-refractivity contribution in [3.8, 4) is 0 Å². The SMILES string of the molecule is C[C@@H]1O[C@@H](OCCC(=O)O)[C@H](O)C[C@H]1O. The summed E-state index contributed by atoms with van der Waals surface area (Å²) in [7, 11) is 0. The van der Waals surface area contributed by atoms with Crippen molar-refractivity contribution in [2.75, 3.05) is 6.61 Å². The van der Waals surface area contributed by atoms with Crippen LogP contribution in [0.1, 0.15) is 19.8 Å². The van der Waals surface area contributed by atoms with Gasteiger partial charge in [-0.1, -0.05) is 0 Å². The van der Waals surface area contributed by atoms with Gasteiger partial charge in [-0.2, -0.15) is 0 Å². The zero-order valence-electron chi connectivity index (χ0n) is 8.50. The Morgan fingerprint density at radius 1 is 1.47 bits per heavy atom. The standard InChI is InChI=1S/C9H16O6/c1-5-6(10)4-7(11)9(15-5)14-3-2-8(12)13/h5-7,9-11H,2-4H2,1H3,(H,12,13)/t5-,6+,7+,9+/m0/s1. The summed E-state index contributed by atoms with van der Waals surface area (Å²) in [6.07, 6.45) is -2.84. The number of rotatable bonds is 4. The van der Waals surface area contributed by atoms with Gasteiger partial charge in [0.25, 0.3) is 0 Å². The molecular weight excluding hydrogens is 204 g/mol. The highest BCUT2D eigenvalue weighted by atomic mass is 16.7. The van der Waals surface area contributed by atoms with E-state index in [1.807, 2.05) is 0 Å². The second-order valence-electron chi connectivity index (χ2n) is 3.59. The average Bonchev–Trinajstić information content (AvgIpc) is 2.13. The summed E-state index contributed by atoms with van der Waals surface area (Å²) in [4.78, 5) is 10.2. The van der Waals surface area contributed by atoms with E-state index < -0.39 is 30.6 Å². The monoisotopic (exact) mass is 220 g/mol. The number of hydrogen-bond acceptors (Lipinski definition) is 5. The van der Waals surface area contributed by atoms with Crippen LogP contribution in [0.15, 0.2) is 0 Å². The van der Waals surface area contributed by atoms with Crippen LogP contribution in [-0.4, -0.2) is 52.5 Å². The van der Waals surface area contributed by atoms with Gasteiger partial charge >= 0.3 is 5.97 Å². The molecule has 0 radical (unpaired) electrons. The van der Waals surface area contributed by atoms with Crippen LogP contribution < -0.4 is 0 Å². The smallest absolute Gasteiger partial charge is 0.305 e. The Balaban J connectivity index is 2.31. The molecule has 0 saturated carbocycles. The summed E-state index contributed by atoms with van der Waals surface area (Å²) in [5, 5.41) is 27.2. The van der Waals surface area contributed by atoms with Crippen LogP contribution in [-0.2, 0) is 14.3 Å². The van der Waals surface area contributed by atoms with E-state index in [1.165, 1.54) is 0 Å². The second-order valence-corrected chi connectivity index (χ2v) is 3.59. The number of carboxylic acids is 1. The molecule has 0 aromatic heterocycles. The highest BCUT2D eigenvalue weighted by Crippen LogP contribution is 2.20. The summed E-state index contributed by atoms with van der Waals surface area (Å²) in [6, 6.07) is 0. The fraction of sp³-hybridized carbons (Fsp3) is 0.889. The molecule has 15 heavy (non-hydrogen) atoms. The maximum absolute atomic E-state index is 10.2. The van der Waals surface area contributed by atoms with Gasteiger partial charge in [0, 0.05) is 6.42 Å². The van der Waals surface area contributed by atoms with Gasteiger partial charge in [-0.3, -0.25) is 4.79 Å². The minimum absolute atomic E-state index is 0.0140. The number of aliphatic hydroxyl groups excluding tert-OH is 2. The summed E-state index contributed by atoms with van der Waals surface area (Å²) in [5.41, 5.74) is 0. The molecule has 88 valence electrons. The van der Waals surface area contributed by atoms with Crippen LogP contribution in [0, 0.1) is 0 Å². The van der Waals surface area contributed by atoms with Crippen molar-refractivity contribution in [2.24, 2.45) is 0 Å². The lowest BCUT2D eigenvalue weighted by molar-refractivity contribution is -0.260. The van der Waals surface area contributed by atoms with Crippen LogP contribution in [0.3, 0.4) is 0 Å². The molecule has 1 heterocycles. The Morgan fingerprint density at radius 3 is 2.73 bits per heavy atom. The van der Waals surface area contributed by atoms with Crippen molar-refractivity contribution in [3.63, 3.8) is 0 Å². The Bertz CT molecular complexity index is 219. The third-order valence-corrected chi connectivity index (χ3v) is 2.29. The Kier molecular flexibility index (Phi) is 4.46. The number of carboxylic acid groups (broad SMARTS) is 1. The fourth-order valence-electron chi connectivity index (χ4n) is 1.36. The maximum atomic E-state index is 10.2. The Morgan fingerprint density at radius 2 is 2.13 bits per heavy atom.